The fraction of sp³-hybridized carbons (Fsp3) is 0.238. The molecule has 134 valence electrons. The van der Waals surface area contributed by atoms with Gasteiger partial charge in [0, 0.05) is 23.6 Å². The molecule has 0 bridgehead atoms. The van der Waals surface area contributed by atoms with Crippen LogP contribution in [0.15, 0.2) is 42.6 Å². The number of carbonyl (C=O) groups is 2. The van der Waals surface area contributed by atoms with E-state index in [1.54, 1.807) is 6.08 Å². The Bertz CT molecular complexity index is 950. The number of imide groups is 1. The summed E-state index contributed by atoms with van der Waals surface area (Å²) < 4.78 is 2.18. The molecular formula is C21H23N3O2. The van der Waals surface area contributed by atoms with E-state index < -0.39 is 6.03 Å². The Hall–Kier alpha value is -3.08. The number of carbonyl (C=O) groups excluding carboxylic acids is 2. The van der Waals surface area contributed by atoms with E-state index in [0.29, 0.717) is 0 Å². The summed E-state index contributed by atoms with van der Waals surface area (Å²) in [5.41, 5.74) is 6.87. The van der Waals surface area contributed by atoms with Crippen LogP contribution in [0.25, 0.3) is 11.8 Å². The molecule has 1 aliphatic heterocycles. The predicted octanol–water partition coefficient (Wildman–Crippen LogP) is 3.79. The summed E-state index contributed by atoms with van der Waals surface area (Å²) in [5, 5.41) is 2.64. The van der Waals surface area contributed by atoms with Crippen molar-refractivity contribution in [2.45, 2.75) is 27.7 Å². The molecule has 3 rings (SSSR count). The molecule has 1 N–H and O–H groups in total. The van der Waals surface area contributed by atoms with E-state index in [2.05, 4.69) is 42.4 Å². The van der Waals surface area contributed by atoms with Gasteiger partial charge in [0.1, 0.15) is 5.70 Å². The lowest BCUT2D eigenvalue weighted by molar-refractivity contribution is -0.122. The molecule has 5 heteroatoms. The molecule has 1 aromatic heterocycles. The lowest BCUT2D eigenvalue weighted by atomic mass is 10.1. The highest BCUT2D eigenvalue weighted by atomic mass is 16.2. The lowest BCUT2D eigenvalue weighted by Gasteiger charge is -2.14. The maximum Gasteiger partial charge on any atom is 0.329 e. The minimum absolute atomic E-state index is 0.198. The molecule has 2 aromatic rings. The van der Waals surface area contributed by atoms with Crippen LogP contribution >= 0.6 is 0 Å². The van der Waals surface area contributed by atoms with E-state index in [0.717, 1.165) is 27.5 Å². The van der Waals surface area contributed by atoms with Gasteiger partial charge in [-0.15, -0.1) is 6.58 Å². The van der Waals surface area contributed by atoms with Crippen LogP contribution in [0.2, 0.25) is 0 Å². The molecule has 2 heterocycles. The van der Waals surface area contributed by atoms with E-state index in [1.165, 1.54) is 17.2 Å². The smallest absolute Gasteiger partial charge is 0.318 e. The zero-order valence-corrected chi connectivity index (χ0v) is 15.6. The highest BCUT2D eigenvalue weighted by Gasteiger charge is 2.32. The molecule has 1 aromatic carbocycles. The van der Waals surface area contributed by atoms with Crippen LogP contribution in [0.3, 0.4) is 0 Å². The van der Waals surface area contributed by atoms with Crippen molar-refractivity contribution < 1.29 is 9.59 Å². The summed E-state index contributed by atoms with van der Waals surface area (Å²) in [7, 11) is 0. The largest absolute Gasteiger partial charge is 0.329 e. The molecule has 1 fully saturated rings. The van der Waals surface area contributed by atoms with E-state index >= 15 is 0 Å². The summed E-state index contributed by atoms with van der Waals surface area (Å²) in [6.45, 7) is 12.0. The second-order valence-electron chi connectivity index (χ2n) is 6.57. The number of hydrogen-bond acceptors (Lipinski definition) is 2. The van der Waals surface area contributed by atoms with Crippen molar-refractivity contribution in [2.75, 3.05) is 6.54 Å². The zero-order chi connectivity index (χ0) is 19.0. The molecule has 0 radical (unpaired) electrons. The van der Waals surface area contributed by atoms with Gasteiger partial charge >= 0.3 is 6.03 Å². The van der Waals surface area contributed by atoms with Crippen LogP contribution in [0.4, 0.5) is 4.79 Å². The molecule has 26 heavy (non-hydrogen) atoms. The summed E-state index contributed by atoms with van der Waals surface area (Å²) in [6.07, 6.45) is 3.28. The monoisotopic (exact) mass is 349 g/mol. The number of urea groups is 1. The third-order valence-electron chi connectivity index (χ3n) is 4.86. The van der Waals surface area contributed by atoms with Crippen LogP contribution < -0.4 is 5.32 Å². The minimum Gasteiger partial charge on any atom is -0.318 e. The molecular weight excluding hydrogens is 326 g/mol. The van der Waals surface area contributed by atoms with Gasteiger partial charge in [0.25, 0.3) is 5.91 Å². The Balaban J connectivity index is 2.04. The van der Waals surface area contributed by atoms with Crippen LogP contribution in [-0.2, 0) is 4.79 Å². The van der Waals surface area contributed by atoms with Gasteiger partial charge in [0.2, 0.25) is 0 Å². The lowest BCUT2D eigenvalue weighted by Crippen LogP contribution is -2.30. The topological polar surface area (TPSA) is 54.3 Å². The van der Waals surface area contributed by atoms with Gasteiger partial charge in [-0.3, -0.25) is 9.69 Å². The molecule has 5 nitrogen and oxygen atoms in total. The van der Waals surface area contributed by atoms with Gasteiger partial charge in [-0.2, -0.15) is 0 Å². The molecule has 0 unspecified atom stereocenters. The van der Waals surface area contributed by atoms with Crippen molar-refractivity contribution in [3.63, 3.8) is 0 Å². The van der Waals surface area contributed by atoms with Gasteiger partial charge in [0.05, 0.1) is 0 Å². The van der Waals surface area contributed by atoms with Crippen molar-refractivity contribution >= 4 is 18.0 Å². The van der Waals surface area contributed by atoms with Gasteiger partial charge in [-0.05, 0) is 62.6 Å². The van der Waals surface area contributed by atoms with Crippen molar-refractivity contribution in [3.8, 4) is 5.69 Å². The fourth-order valence-electron chi connectivity index (χ4n) is 3.30. The Labute approximate surface area is 153 Å². The van der Waals surface area contributed by atoms with E-state index in [1.807, 2.05) is 26.0 Å². The first-order chi connectivity index (χ1) is 12.3. The molecule has 0 spiro atoms. The number of nitrogens with zero attached hydrogens (tertiary/aromatic N) is 2. The van der Waals surface area contributed by atoms with Crippen molar-refractivity contribution in [3.05, 3.63) is 70.7 Å². The van der Waals surface area contributed by atoms with Crippen molar-refractivity contribution in [1.82, 2.24) is 14.8 Å². The Morgan fingerprint density at radius 2 is 1.88 bits per heavy atom. The SMILES string of the molecule is C=CCN1C(=O)NC(=Cc2cc(C)n(-c3cccc(C)c3C)c2C)C1=O. The molecule has 0 atom stereocenters. The Morgan fingerprint density at radius 3 is 2.58 bits per heavy atom. The number of benzene rings is 1. The summed E-state index contributed by atoms with van der Waals surface area (Å²) in [6, 6.07) is 7.84. The van der Waals surface area contributed by atoms with Gasteiger partial charge < -0.3 is 9.88 Å². The maximum atomic E-state index is 12.4. The first-order valence-electron chi connectivity index (χ1n) is 8.56. The number of rotatable bonds is 4. The van der Waals surface area contributed by atoms with E-state index in [4.69, 9.17) is 0 Å². The number of amides is 3. The fourth-order valence-corrected chi connectivity index (χ4v) is 3.30. The molecule has 0 aliphatic carbocycles. The molecule has 3 amide bonds. The second-order valence-corrected chi connectivity index (χ2v) is 6.57. The van der Waals surface area contributed by atoms with E-state index in [9.17, 15) is 9.59 Å². The zero-order valence-electron chi connectivity index (χ0n) is 15.6. The summed E-state index contributed by atoms with van der Waals surface area (Å²) in [5.74, 6) is -0.327. The normalized spacial score (nSPS) is 15.7. The second kappa shape index (κ2) is 6.67. The molecule has 0 saturated carbocycles. The van der Waals surface area contributed by atoms with Gasteiger partial charge in [-0.1, -0.05) is 18.2 Å². The van der Waals surface area contributed by atoms with Gasteiger partial charge in [0.15, 0.2) is 0 Å². The average Bonchev–Trinajstić information content (AvgIpc) is 3.01. The van der Waals surface area contributed by atoms with Crippen LogP contribution in [0.5, 0.6) is 0 Å². The maximum absolute atomic E-state index is 12.4. The number of hydrogen-bond donors (Lipinski definition) is 1. The van der Waals surface area contributed by atoms with Crippen LogP contribution in [0, 0.1) is 27.7 Å². The number of nitrogens with one attached hydrogen (secondary N) is 1. The number of aryl methyl sites for hydroxylation is 2. The third kappa shape index (κ3) is 2.86. The van der Waals surface area contributed by atoms with Crippen LogP contribution in [-0.4, -0.2) is 28.0 Å². The van der Waals surface area contributed by atoms with E-state index in [-0.39, 0.29) is 18.1 Å². The summed E-state index contributed by atoms with van der Waals surface area (Å²) >= 11 is 0. The average molecular weight is 349 g/mol. The quantitative estimate of drug-likeness (QED) is 0.519. The highest BCUT2D eigenvalue weighted by molar-refractivity contribution is 6.14. The Kier molecular flexibility index (Phi) is 4.55. The van der Waals surface area contributed by atoms with Crippen molar-refractivity contribution in [2.24, 2.45) is 0 Å². The van der Waals surface area contributed by atoms with Crippen molar-refractivity contribution in [1.29, 1.82) is 0 Å². The molecule has 1 saturated heterocycles. The number of aromatic nitrogens is 1. The predicted molar refractivity (Wildman–Crippen MR) is 103 cm³/mol. The first-order valence-corrected chi connectivity index (χ1v) is 8.56. The standard InChI is InChI=1S/C21H23N3O2/c1-6-10-23-20(25)18(22-21(23)26)12-17-11-14(3)24(16(17)5)19-9-7-8-13(2)15(19)4/h6-9,11-12H,1,10H2,2-5H3,(H,22,26). The minimum atomic E-state index is -0.413. The first kappa shape index (κ1) is 17.7. The highest BCUT2D eigenvalue weighted by Crippen LogP contribution is 2.26. The third-order valence-corrected chi connectivity index (χ3v) is 4.86. The van der Waals surface area contributed by atoms with Crippen LogP contribution in [0.1, 0.15) is 28.1 Å². The van der Waals surface area contributed by atoms with Gasteiger partial charge in [-0.25, -0.2) is 4.79 Å². The Morgan fingerprint density at radius 1 is 1.15 bits per heavy atom. The molecule has 1 aliphatic rings. The summed E-state index contributed by atoms with van der Waals surface area (Å²) in [4.78, 5) is 25.5.